The van der Waals surface area contributed by atoms with Crippen LogP contribution in [0.1, 0.15) is 26.7 Å². The number of rotatable bonds is 5. The Bertz CT molecular complexity index is 375. The van der Waals surface area contributed by atoms with Gasteiger partial charge in [0.2, 0.25) is 0 Å². The highest BCUT2D eigenvalue weighted by molar-refractivity contribution is 5.85. The Morgan fingerprint density at radius 2 is 1.70 bits per heavy atom. The molecular formula is C16H26ClNO2. The van der Waals surface area contributed by atoms with Crippen LogP contribution in [-0.2, 0) is 0 Å². The predicted octanol–water partition coefficient (Wildman–Crippen LogP) is 3.62. The second-order valence-electron chi connectivity index (χ2n) is 5.55. The molecule has 0 aliphatic carbocycles. The molecule has 4 heteroatoms. The van der Waals surface area contributed by atoms with E-state index in [-0.39, 0.29) is 12.4 Å². The molecule has 0 saturated carbocycles. The number of hydrogen-bond acceptors (Lipinski definition) is 3. The van der Waals surface area contributed by atoms with Gasteiger partial charge in [-0.1, -0.05) is 6.92 Å². The number of ether oxygens (including phenoxy) is 2. The summed E-state index contributed by atoms with van der Waals surface area (Å²) in [5.41, 5.74) is 0. The van der Waals surface area contributed by atoms with E-state index in [2.05, 4.69) is 18.7 Å². The first kappa shape index (κ1) is 17.1. The van der Waals surface area contributed by atoms with Gasteiger partial charge in [0, 0.05) is 6.04 Å². The van der Waals surface area contributed by atoms with Crippen LogP contribution in [0.3, 0.4) is 0 Å². The lowest BCUT2D eigenvalue weighted by atomic mass is 9.98. The molecule has 20 heavy (non-hydrogen) atoms. The molecule has 0 aromatic heterocycles. The minimum atomic E-state index is 0. The molecule has 0 spiro atoms. The molecule has 0 bridgehead atoms. The normalized spacial score (nSPS) is 18.1. The fourth-order valence-corrected chi connectivity index (χ4v) is 2.46. The Labute approximate surface area is 128 Å². The molecule has 1 aromatic carbocycles. The van der Waals surface area contributed by atoms with Crippen LogP contribution in [0.15, 0.2) is 24.3 Å². The van der Waals surface area contributed by atoms with Gasteiger partial charge in [-0.05, 0) is 63.0 Å². The molecular weight excluding hydrogens is 274 g/mol. The number of benzene rings is 1. The van der Waals surface area contributed by atoms with Crippen LogP contribution in [-0.4, -0.2) is 37.7 Å². The van der Waals surface area contributed by atoms with E-state index in [4.69, 9.17) is 9.47 Å². The standard InChI is InChI=1S/C16H25NO2.ClH/c1-13-8-10-17(11-9-13)14(2)12-19-16-6-4-15(18-3)5-7-16;/h4-7,13-14H,8-12H2,1-3H3;1H/t14-;/m0./s1. The largest absolute Gasteiger partial charge is 0.497 e. The molecule has 1 aliphatic rings. The Kier molecular flexibility index (Phi) is 7.17. The van der Waals surface area contributed by atoms with Crippen molar-refractivity contribution < 1.29 is 9.47 Å². The van der Waals surface area contributed by atoms with Crippen LogP contribution in [0.4, 0.5) is 0 Å². The van der Waals surface area contributed by atoms with Gasteiger partial charge in [-0.3, -0.25) is 4.90 Å². The molecule has 2 rings (SSSR count). The monoisotopic (exact) mass is 299 g/mol. The number of methoxy groups -OCH3 is 1. The van der Waals surface area contributed by atoms with Gasteiger partial charge in [0.25, 0.3) is 0 Å². The molecule has 114 valence electrons. The van der Waals surface area contributed by atoms with E-state index in [1.54, 1.807) is 7.11 Å². The first-order chi connectivity index (χ1) is 9.19. The van der Waals surface area contributed by atoms with Gasteiger partial charge < -0.3 is 9.47 Å². The van der Waals surface area contributed by atoms with Crippen molar-refractivity contribution in [2.75, 3.05) is 26.8 Å². The molecule has 1 aromatic rings. The molecule has 0 unspecified atom stereocenters. The van der Waals surface area contributed by atoms with Crippen LogP contribution < -0.4 is 9.47 Å². The molecule has 1 atom stereocenters. The summed E-state index contributed by atoms with van der Waals surface area (Å²) in [4.78, 5) is 2.53. The summed E-state index contributed by atoms with van der Waals surface area (Å²) in [5.74, 6) is 2.66. The van der Waals surface area contributed by atoms with Crippen molar-refractivity contribution in [1.29, 1.82) is 0 Å². The Balaban J connectivity index is 0.00000200. The van der Waals surface area contributed by atoms with Gasteiger partial charge in [0.05, 0.1) is 7.11 Å². The molecule has 1 aliphatic heterocycles. The molecule has 0 radical (unpaired) electrons. The zero-order chi connectivity index (χ0) is 13.7. The van der Waals surface area contributed by atoms with Gasteiger partial charge in [0.1, 0.15) is 18.1 Å². The lowest BCUT2D eigenvalue weighted by molar-refractivity contribution is 0.108. The molecule has 0 amide bonds. The maximum atomic E-state index is 5.85. The summed E-state index contributed by atoms with van der Waals surface area (Å²) in [6, 6.07) is 8.27. The minimum absolute atomic E-state index is 0. The van der Waals surface area contributed by atoms with Crippen LogP contribution in [0.2, 0.25) is 0 Å². The average Bonchev–Trinajstić information content (AvgIpc) is 2.46. The Morgan fingerprint density at radius 1 is 1.15 bits per heavy atom. The van der Waals surface area contributed by atoms with Crippen molar-refractivity contribution in [2.24, 2.45) is 5.92 Å². The minimum Gasteiger partial charge on any atom is -0.497 e. The first-order valence-corrected chi connectivity index (χ1v) is 7.20. The zero-order valence-corrected chi connectivity index (χ0v) is 13.5. The second kappa shape index (κ2) is 8.38. The fraction of sp³-hybridized carbons (Fsp3) is 0.625. The molecule has 1 heterocycles. The quantitative estimate of drug-likeness (QED) is 0.829. The topological polar surface area (TPSA) is 21.7 Å². The van der Waals surface area contributed by atoms with Crippen molar-refractivity contribution in [2.45, 2.75) is 32.7 Å². The van der Waals surface area contributed by atoms with Crippen molar-refractivity contribution >= 4 is 12.4 Å². The first-order valence-electron chi connectivity index (χ1n) is 7.20. The van der Waals surface area contributed by atoms with Gasteiger partial charge in [0.15, 0.2) is 0 Å². The van der Waals surface area contributed by atoms with Gasteiger partial charge in [-0.15, -0.1) is 12.4 Å². The van der Waals surface area contributed by atoms with Gasteiger partial charge >= 0.3 is 0 Å². The van der Waals surface area contributed by atoms with E-state index in [1.807, 2.05) is 24.3 Å². The predicted molar refractivity (Wildman–Crippen MR) is 85.2 cm³/mol. The Hall–Kier alpha value is -0.930. The van der Waals surface area contributed by atoms with E-state index in [0.717, 1.165) is 24.0 Å². The number of nitrogens with zero attached hydrogens (tertiary/aromatic N) is 1. The number of likely N-dealkylation sites (tertiary alicyclic amines) is 1. The van der Waals surface area contributed by atoms with E-state index >= 15 is 0 Å². The summed E-state index contributed by atoms with van der Waals surface area (Å²) >= 11 is 0. The lowest BCUT2D eigenvalue weighted by Gasteiger charge is -2.34. The summed E-state index contributed by atoms with van der Waals surface area (Å²) < 4.78 is 11.0. The average molecular weight is 300 g/mol. The second-order valence-corrected chi connectivity index (χ2v) is 5.55. The zero-order valence-electron chi connectivity index (χ0n) is 12.7. The molecule has 1 fully saturated rings. The lowest BCUT2D eigenvalue weighted by Crippen LogP contribution is -2.42. The Morgan fingerprint density at radius 3 is 2.25 bits per heavy atom. The smallest absolute Gasteiger partial charge is 0.119 e. The number of halogens is 1. The third kappa shape index (κ3) is 4.88. The summed E-state index contributed by atoms with van der Waals surface area (Å²) in [5, 5.41) is 0. The number of hydrogen-bond donors (Lipinski definition) is 0. The molecule has 0 N–H and O–H groups in total. The fourth-order valence-electron chi connectivity index (χ4n) is 2.46. The van der Waals surface area contributed by atoms with Crippen LogP contribution in [0.5, 0.6) is 11.5 Å². The van der Waals surface area contributed by atoms with Crippen molar-refractivity contribution in [1.82, 2.24) is 4.90 Å². The van der Waals surface area contributed by atoms with Crippen molar-refractivity contribution in [3.05, 3.63) is 24.3 Å². The molecule has 3 nitrogen and oxygen atoms in total. The van der Waals surface area contributed by atoms with Crippen LogP contribution >= 0.6 is 12.4 Å². The van der Waals surface area contributed by atoms with Crippen molar-refractivity contribution in [3.63, 3.8) is 0 Å². The third-order valence-electron chi connectivity index (χ3n) is 3.99. The van der Waals surface area contributed by atoms with E-state index in [9.17, 15) is 0 Å². The third-order valence-corrected chi connectivity index (χ3v) is 3.99. The highest BCUT2D eigenvalue weighted by Gasteiger charge is 2.20. The maximum Gasteiger partial charge on any atom is 0.119 e. The van der Waals surface area contributed by atoms with Gasteiger partial charge in [-0.2, -0.15) is 0 Å². The summed E-state index contributed by atoms with van der Waals surface area (Å²) in [6.45, 7) is 7.75. The van der Waals surface area contributed by atoms with Crippen molar-refractivity contribution in [3.8, 4) is 11.5 Å². The van der Waals surface area contributed by atoms with Gasteiger partial charge in [-0.25, -0.2) is 0 Å². The molecule has 1 saturated heterocycles. The van der Waals surface area contributed by atoms with E-state index in [1.165, 1.54) is 25.9 Å². The van der Waals surface area contributed by atoms with Crippen LogP contribution in [0.25, 0.3) is 0 Å². The van der Waals surface area contributed by atoms with E-state index < -0.39 is 0 Å². The summed E-state index contributed by atoms with van der Waals surface area (Å²) in [6.07, 6.45) is 2.62. The van der Waals surface area contributed by atoms with E-state index in [0.29, 0.717) is 6.04 Å². The highest BCUT2D eigenvalue weighted by Crippen LogP contribution is 2.20. The SMILES string of the molecule is COc1ccc(OC[C@H](C)N2CCC(C)CC2)cc1.Cl. The van der Waals surface area contributed by atoms with Crippen LogP contribution in [0, 0.1) is 5.92 Å². The highest BCUT2D eigenvalue weighted by atomic mass is 35.5. The maximum absolute atomic E-state index is 5.85. The number of piperidine rings is 1. The summed E-state index contributed by atoms with van der Waals surface area (Å²) in [7, 11) is 1.68.